The van der Waals surface area contributed by atoms with Crippen LogP contribution in [-0.2, 0) is 9.53 Å². The Labute approximate surface area is 93.6 Å². The van der Waals surface area contributed by atoms with Crippen molar-refractivity contribution in [2.24, 2.45) is 5.41 Å². The summed E-state index contributed by atoms with van der Waals surface area (Å²) in [6, 6.07) is 0.513. The number of hydrogen-bond acceptors (Lipinski definition) is 3. The summed E-state index contributed by atoms with van der Waals surface area (Å²) in [6.07, 6.45) is 3.43. The van der Waals surface area contributed by atoms with Crippen molar-refractivity contribution in [1.82, 2.24) is 5.32 Å². The van der Waals surface area contributed by atoms with Gasteiger partial charge >= 0.3 is 5.97 Å². The van der Waals surface area contributed by atoms with E-state index >= 15 is 0 Å². The number of methoxy groups -OCH3 is 1. The maximum Gasteiger partial charge on any atom is 0.312 e. The van der Waals surface area contributed by atoms with Gasteiger partial charge in [-0.2, -0.15) is 0 Å². The first-order chi connectivity index (χ1) is 6.97. The third kappa shape index (κ3) is 5.17. The van der Waals surface area contributed by atoms with Crippen molar-refractivity contribution in [2.45, 2.75) is 53.0 Å². The summed E-state index contributed by atoms with van der Waals surface area (Å²) in [7, 11) is 1.44. The molecule has 0 bridgehead atoms. The van der Waals surface area contributed by atoms with Crippen molar-refractivity contribution >= 4 is 5.97 Å². The monoisotopic (exact) mass is 215 g/mol. The van der Waals surface area contributed by atoms with Crippen molar-refractivity contribution in [2.75, 3.05) is 13.7 Å². The number of ether oxygens (including phenoxy) is 1. The Bertz CT molecular complexity index is 190. The first-order valence-corrected chi connectivity index (χ1v) is 5.79. The molecular formula is C12H25NO2. The molecule has 0 aliphatic rings. The van der Waals surface area contributed by atoms with E-state index in [9.17, 15) is 4.79 Å². The first-order valence-electron chi connectivity index (χ1n) is 5.79. The number of hydrogen-bond donors (Lipinski definition) is 1. The fraction of sp³-hybridized carbons (Fsp3) is 0.917. The first kappa shape index (κ1) is 14.4. The van der Waals surface area contributed by atoms with E-state index in [1.54, 1.807) is 0 Å². The average molecular weight is 215 g/mol. The molecule has 0 spiro atoms. The van der Waals surface area contributed by atoms with E-state index in [1.807, 2.05) is 13.8 Å². The Morgan fingerprint density at radius 2 is 2.00 bits per heavy atom. The topological polar surface area (TPSA) is 38.3 Å². The molecule has 0 heterocycles. The normalized spacial score (nSPS) is 13.7. The van der Waals surface area contributed by atoms with Crippen LogP contribution in [0.3, 0.4) is 0 Å². The summed E-state index contributed by atoms with van der Waals surface area (Å²) < 4.78 is 4.76. The molecule has 90 valence electrons. The SMILES string of the molecule is CCCC(CC)NCC(C)(C)C(=O)OC. The number of carbonyl (C=O) groups excluding carboxylic acids is 1. The molecule has 0 saturated carbocycles. The smallest absolute Gasteiger partial charge is 0.312 e. The molecule has 3 heteroatoms. The number of carbonyl (C=O) groups is 1. The van der Waals surface area contributed by atoms with Crippen LogP contribution in [0.4, 0.5) is 0 Å². The second kappa shape index (κ2) is 6.83. The predicted octanol–water partition coefficient (Wildman–Crippen LogP) is 2.35. The minimum absolute atomic E-state index is 0.152. The van der Waals surface area contributed by atoms with Gasteiger partial charge in [-0.15, -0.1) is 0 Å². The van der Waals surface area contributed by atoms with Crippen molar-refractivity contribution in [1.29, 1.82) is 0 Å². The van der Waals surface area contributed by atoms with E-state index in [2.05, 4.69) is 19.2 Å². The Morgan fingerprint density at radius 3 is 2.40 bits per heavy atom. The van der Waals surface area contributed by atoms with E-state index in [0.29, 0.717) is 12.6 Å². The highest BCUT2D eigenvalue weighted by Crippen LogP contribution is 2.16. The van der Waals surface area contributed by atoms with Gasteiger partial charge in [-0.3, -0.25) is 4.79 Å². The van der Waals surface area contributed by atoms with Gasteiger partial charge in [-0.05, 0) is 26.7 Å². The Morgan fingerprint density at radius 1 is 1.40 bits per heavy atom. The molecule has 0 aliphatic carbocycles. The lowest BCUT2D eigenvalue weighted by molar-refractivity contribution is -0.150. The quantitative estimate of drug-likeness (QED) is 0.662. The molecule has 0 amide bonds. The molecule has 1 atom stereocenters. The van der Waals surface area contributed by atoms with Gasteiger partial charge in [0.05, 0.1) is 12.5 Å². The van der Waals surface area contributed by atoms with Gasteiger partial charge in [-0.25, -0.2) is 0 Å². The van der Waals surface area contributed by atoms with E-state index in [4.69, 9.17) is 4.74 Å². The van der Waals surface area contributed by atoms with Crippen LogP contribution in [0.1, 0.15) is 47.0 Å². The van der Waals surface area contributed by atoms with Crippen LogP contribution in [-0.4, -0.2) is 25.7 Å². The average Bonchev–Trinajstić information content (AvgIpc) is 2.22. The molecule has 0 radical (unpaired) electrons. The lowest BCUT2D eigenvalue weighted by atomic mass is 9.93. The maximum absolute atomic E-state index is 11.4. The molecule has 0 aromatic heterocycles. The van der Waals surface area contributed by atoms with Gasteiger partial charge in [-0.1, -0.05) is 20.3 Å². The van der Waals surface area contributed by atoms with Crippen molar-refractivity contribution in [3.8, 4) is 0 Å². The number of esters is 1. The van der Waals surface area contributed by atoms with Gasteiger partial charge in [0.1, 0.15) is 0 Å². The van der Waals surface area contributed by atoms with Crippen LogP contribution in [0, 0.1) is 5.41 Å². The van der Waals surface area contributed by atoms with Gasteiger partial charge in [0, 0.05) is 12.6 Å². The van der Waals surface area contributed by atoms with Crippen molar-refractivity contribution in [3.63, 3.8) is 0 Å². The fourth-order valence-electron chi connectivity index (χ4n) is 1.55. The molecule has 0 aromatic rings. The fourth-order valence-corrected chi connectivity index (χ4v) is 1.55. The summed E-state index contributed by atoms with van der Waals surface area (Å²) >= 11 is 0. The highest BCUT2D eigenvalue weighted by Gasteiger charge is 2.28. The minimum atomic E-state index is -0.435. The van der Waals surface area contributed by atoms with Gasteiger partial charge < -0.3 is 10.1 Å². The third-order valence-corrected chi connectivity index (χ3v) is 2.70. The second-order valence-electron chi connectivity index (χ2n) is 4.65. The molecule has 1 N–H and O–H groups in total. The van der Waals surface area contributed by atoms with E-state index in [1.165, 1.54) is 13.5 Å². The lowest BCUT2D eigenvalue weighted by Crippen LogP contribution is -2.41. The lowest BCUT2D eigenvalue weighted by Gasteiger charge is -2.25. The molecule has 0 aromatic carbocycles. The highest BCUT2D eigenvalue weighted by atomic mass is 16.5. The molecule has 3 nitrogen and oxygen atoms in total. The minimum Gasteiger partial charge on any atom is -0.469 e. The molecule has 15 heavy (non-hydrogen) atoms. The van der Waals surface area contributed by atoms with Crippen LogP contribution in [0.2, 0.25) is 0 Å². The predicted molar refractivity (Wildman–Crippen MR) is 62.8 cm³/mol. The summed E-state index contributed by atoms with van der Waals surface area (Å²) in [4.78, 5) is 11.4. The number of nitrogens with one attached hydrogen (secondary N) is 1. The zero-order chi connectivity index (χ0) is 11.9. The summed E-state index contributed by atoms with van der Waals surface area (Å²) in [5.41, 5.74) is -0.435. The summed E-state index contributed by atoms with van der Waals surface area (Å²) in [6.45, 7) is 8.83. The van der Waals surface area contributed by atoms with E-state index in [0.717, 1.165) is 12.8 Å². The van der Waals surface area contributed by atoms with Crippen LogP contribution in [0.5, 0.6) is 0 Å². The molecule has 1 unspecified atom stereocenters. The Hall–Kier alpha value is -0.570. The second-order valence-corrected chi connectivity index (χ2v) is 4.65. The summed E-state index contributed by atoms with van der Waals surface area (Å²) in [5, 5.41) is 3.42. The van der Waals surface area contributed by atoms with Gasteiger partial charge in [0.25, 0.3) is 0 Å². The standard InChI is InChI=1S/C12H25NO2/c1-6-8-10(7-2)13-9-12(3,4)11(14)15-5/h10,13H,6-9H2,1-5H3. The van der Waals surface area contributed by atoms with Gasteiger partial charge in [0.2, 0.25) is 0 Å². The maximum atomic E-state index is 11.4. The van der Waals surface area contributed by atoms with Crippen molar-refractivity contribution in [3.05, 3.63) is 0 Å². The van der Waals surface area contributed by atoms with Crippen LogP contribution in [0.25, 0.3) is 0 Å². The Kier molecular flexibility index (Phi) is 6.57. The zero-order valence-corrected chi connectivity index (χ0v) is 10.7. The molecule has 0 saturated heterocycles. The molecule has 0 aliphatic heterocycles. The van der Waals surface area contributed by atoms with Crippen LogP contribution < -0.4 is 5.32 Å². The van der Waals surface area contributed by atoms with E-state index < -0.39 is 5.41 Å². The number of rotatable bonds is 7. The largest absolute Gasteiger partial charge is 0.469 e. The third-order valence-electron chi connectivity index (χ3n) is 2.70. The van der Waals surface area contributed by atoms with Crippen molar-refractivity contribution < 1.29 is 9.53 Å². The van der Waals surface area contributed by atoms with E-state index in [-0.39, 0.29) is 5.97 Å². The zero-order valence-electron chi connectivity index (χ0n) is 10.7. The summed E-state index contributed by atoms with van der Waals surface area (Å²) in [5.74, 6) is -0.152. The molecular weight excluding hydrogens is 190 g/mol. The van der Waals surface area contributed by atoms with Crippen LogP contribution in [0.15, 0.2) is 0 Å². The van der Waals surface area contributed by atoms with Gasteiger partial charge in [0.15, 0.2) is 0 Å². The molecule has 0 rings (SSSR count). The Balaban J connectivity index is 4.05. The highest BCUT2D eigenvalue weighted by molar-refractivity contribution is 5.76. The van der Waals surface area contributed by atoms with Crippen LogP contribution >= 0.6 is 0 Å². The molecule has 0 fully saturated rings.